The molecule has 3 aromatic rings. The Balaban J connectivity index is 2.82. The standard InChI is InChI=1S/C49H74/c1-43(2,3)31-38(35-25-22-32(44(4,5)6)28-39(35)47(13,14)15)42(36-26-23-33(45(7,8)9)29-40(36)48(16,17)18)37-27-24-34(46(10,11)12)30-41(37)49(19,20)21/h22-30H,31H2,1-21H3. The average Bonchev–Trinajstić information content (AvgIpc) is 2.88. The molecule has 0 amide bonds. The van der Waals surface area contributed by atoms with E-state index >= 15 is 0 Å². The van der Waals surface area contributed by atoms with Gasteiger partial charge in [0.25, 0.3) is 0 Å². The van der Waals surface area contributed by atoms with Crippen molar-refractivity contribution >= 4 is 11.1 Å². The summed E-state index contributed by atoms with van der Waals surface area (Å²) in [4.78, 5) is 0. The van der Waals surface area contributed by atoms with Crippen LogP contribution >= 0.6 is 0 Å². The summed E-state index contributed by atoms with van der Waals surface area (Å²) in [6, 6.07) is 22.2. The molecule has 270 valence electrons. The molecule has 0 aliphatic carbocycles. The Hall–Kier alpha value is -2.60. The Labute approximate surface area is 304 Å². The first-order chi connectivity index (χ1) is 21.7. The van der Waals surface area contributed by atoms with Crippen molar-refractivity contribution < 1.29 is 0 Å². The second-order valence-electron chi connectivity index (χ2n) is 22.4. The van der Waals surface area contributed by atoms with E-state index in [0.29, 0.717) is 0 Å². The third kappa shape index (κ3) is 9.80. The molecule has 0 saturated heterocycles. The summed E-state index contributed by atoms with van der Waals surface area (Å²) >= 11 is 0. The van der Waals surface area contributed by atoms with Gasteiger partial charge in [0.05, 0.1) is 0 Å². The highest BCUT2D eigenvalue weighted by Gasteiger charge is 2.33. The maximum absolute atomic E-state index is 2.53. The van der Waals surface area contributed by atoms with Gasteiger partial charge in [-0.05, 0) is 106 Å². The molecule has 0 spiro atoms. The van der Waals surface area contributed by atoms with Crippen LogP contribution in [-0.4, -0.2) is 0 Å². The van der Waals surface area contributed by atoms with E-state index in [0.717, 1.165) is 6.42 Å². The average molecular weight is 663 g/mol. The molecular weight excluding hydrogens is 589 g/mol. The number of allylic oxidation sites excluding steroid dienone is 1. The van der Waals surface area contributed by atoms with Gasteiger partial charge in [-0.3, -0.25) is 0 Å². The minimum Gasteiger partial charge on any atom is -0.0599 e. The topological polar surface area (TPSA) is 0 Å². The maximum atomic E-state index is 2.53. The van der Waals surface area contributed by atoms with Crippen LogP contribution < -0.4 is 0 Å². The quantitative estimate of drug-likeness (QED) is 0.244. The van der Waals surface area contributed by atoms with Crippen molar-refractivity contribution in [3.63, 3.8) is 0 Å². The molecule has 0 unspecified atom stereocenters. The number of hydrogen-bond donors (Lipinski definition) is 0. The molecule has 0 nitrogen and oxygen atoms in total. The zero-order valence-electron chi connectivity index (χ0n) is 35.9. The predicted molar refractivity (Wildman–Crippen MR) is 222 cm³/mol. The van der Waals surface area contributed by atoms with Crippen molar-refractivity contribution in [1.29, 1.82) is 0 Å². The number of benzene rings is 3. The van der Waals surface area contributed by atoms with Crippen LogP contribution in [0, 0.1) is 5.41 Å². The van der Waals surface area contributed by atoms with Gasteiger partial charge in [-0.25, -0.2) is 0 Å². The maximum Gasteiger partial charge on any atom is -0.00671 e. The van der Waals surface area contributed by atoms with Crippen molar-refractivity contribution in [3.8, 4) is 0 Å². The van der Waals surface area contributed by atoms with E-state index in [1.165, 1.54) is 61.2 Å². The van der Waals surface area contributed by atoms with Gasteiger partial charge in [-0.2, -0.15) is 0 Å². The monoisotopic (exact) mass is 663 g/mol. The minimum atomic E-state index is -0.0507. The second kappa shape index (κ2) is 13.2. The third-order valence-electron chi connectivity index (χ3n) is 9.95. The molecule has 3 rings (SSSR count). The Bertz CT molecular complexity index is 1590. The highest BCUT2D eigenvalue weighted by Crippen LogP contribution is 2.48. The van der Waals surface area contributed by atoms with Gasteiger partial charge >= 0.3 is 0 Å². The van der Waals surface area contributed by atoms with Gasteiger partial charge in [-0.1, -0.05) is 200 Å². The van der Waals surface area contributed by atoms with Gasteiger partial charge < -0.3 is 0 Å². The molecular formula is C49H74. The Morgan fingerprint density at radius 1 is 0.347 bits per heavy atom. The van der Waals surface area contributed by atoms with Crippen LogP contribution in [0.2, 0.25) is 0 Å². The first-order valence-electron chi connectivity index (χ1n) is 18.9. The van der Waals surface area contributed by atoms with Crippen LogP contribution in [-0.2, 0) is 32.5 Å². The fourth-order valence-corrected chi connectivity index (χ4v) is 6.91. The Morgan fingerprint density at radius 3 is 0.857 bits per heavy atom. The highest BCUT2D eigenvalue weighted by molar-refractivity contribution is 6.01. The van der Waals surface area contributed by atoms with Crippen LogP contribution in [0.25, 0.3) is 11.1 Å². The molecule has 0 aliphatic rings. The lowest BCUT2D eigenvalue weighted by Gasteiger charge is -2.35. The molecule has 0 heteroatoms. The first kappa shape index (κ1) is 40.8. The van der Waals surface area contributed by atoms with Crippen molar-refractivity contribution in [1.82, 2.24) is 0 Å². The summed E-state index contributed by atoms with van der Waals surface area (Å²) in [5, 5.41) is 0. The van der Waals surface area contributed by atoms with Crippen LogP contribution in [0.3, 0.4) is 0 Å². The van der Waals surface area contributed by atoms with Gasteiger partial charge in [0.2, 0.25) is 0 Å². The van der Waals surface area contributed by atoms with Crippen LogP contribution in [0.15, 0.2) is 54.6 Å². The van der Waals surface area contributed by atoms with Gasteiger partial charge in [-0.15, -0.1) is 0 Å². The molecule has 0 radical (unpaired) electrons. The summed E-state index contributed by atoms with van der Waals surface area (Å²) < 4.78 is 0. The van der Waals surface area contributed by atoms with Crippen LogP contribution in [0.4, 0.5) is 0 Å². The van der Waals surface area contributed by atoms with Crippen molar-refractivity contribution in [2.45, 2.75) is 184 Å². The predicted octanol–water partition coefficient (Wildman–Crippen LogP) is 14.9. The summed E-state index contributed by atoms with van der Waals surface area (Å²) in [5.41, 5.74) is 15.6. The Morgan fingerprint density at radius 2 is 0.612 bits per heavy atom. The van der Waals surface area contributed by atoms with Crippen molar-refractivity contribution in [2.75, 3.05) is 0 Å². The zero-order chi connectivity index (χ0) is 37.9. The molecule has 0 heterocycles. The lowest BCUT2D eigenvalue weighted by molar-refractivity contribution is 0.427. The van der Waals surface area contributed by atoms with E-state index in [1.807, 2.05) is 0 Å². The summed E-state index contributed by atoms with van der Waals surface area (Å²) in [7, 11) is 0. The van der Waals surface area contributed by atoms with Crippen molar-refractivity contribution in [3.05, 3.63) is 105 Å². The zero-order valence-corrected chi connectivity index (χ0v) is 35.9. The molecule has 0 aliphatic heterocycles. The molecule has 3 aromatic carbocycles. The smallest absolute Gasteiger partial charge is 0.00671 e. The van der Waals surface area contributed by atoms with E-state index in [9.17, 15) is 0 Å². The highest BCUT2D eigenvalue weighted by atomic mass is 14.4. The summed E-state index contributed by atoms with van der Waals surface area (Å²) in [6.07, 6.45) is 0.968. The van der Waals surface area contributed by atoms with Crippen LogP contribution in [0.1, 0.15) is 202 Å². The van der Waals surface area contributed by atoms with E-state index < -0.39 is 0 Å². The summed E-state index contributed by atoms with van der Waals surface area (Å²) in [6.45, 7) is 49.8. The fraction of sp³-hybridized carbons (Fsp3) is 0.592. The summed E-state index contributed by atoms with van der Waals surface area (Å²) in [5.74, 6) is 0. The SMILES string of the molecule is CC(C)(C)CC(=C(c1ccc(C(C)(C)C)cc1C(C)(C)C)c1ccc(C(C)(C)C)cc1C(C)(C)C)c1ccc(C(C)(C)C)cc1C(C)(C)C. The molecule has 0 aromatic heterocycles. The fourth-order valence-electron chi connectivity index (χ4n) is 6.91. The van der Waals surface area contributed by atoms with E-state index in [1.54, 1.807) is 0 Å². The molecule has 0 atom stereocenters. The Kier molecular flexibility index (Phi) is 11.0. The lowest BCUT2D eigenvalue weighted by atomic mass is 9.69. The van der Waals surface area contributed by atoms with Crippen LogP contribution in [0.5, 0.6) is 0 Å². The number of hydrogen-bond acceptors (Lipinski definition) is 0. The lowest BCUT2D eigenvalue weighted by Crippen LogP contribution is -2.22. The van der Waals surface area contributed by atoms with Crippen molar-refractivity contribution in [2.24, 2.45) is 5.41 Å². The van der Waals surface area contributed by atoms with E-state index in [-0.39, 0.29) is 37.9 Å². The third-order valence-corrected chi connectivity index (χ3v) is 9.95. The largest absolute Gasteiger partial charge is 0.0599 e. The molecule has 0 saturated carbocycles. The minimum absolute atomic E-state index is 0.0310. The molecule has 0 bridgehead atoms. The van der Waals surface area contributed by atoms with Gasteiger partial charge in [0.1, 0.15) is 0 Å². The number of rotatable bonds is 4. The van der Waals surface area contributed by atoms with E-state index in [2.05, 4.69) is 200 Å². The first-order valence-corrected chi connectivity index (χ1v) is 18.9. The molecule has 0 N–H and O–H groups in total. The second-order valence-corrected chi connectivity index (χ2v) is 22.4. The normalized spacial score (nSPS) is 13.9. The van der Waals surface area contributed by atoms with Gasteiger partial charge in [0, 0.05) is 0 Å². The molecule has 49 heavy (non-hydrogen) atoms. The van der Waals surface area contributed by atoms with Gasteiger partial charge in [0.15, 0.2) is 0 Å². The molecule has 0 fully saturated rings. The van der Waals surface area contributed by atoms with E-state index in [4.69, 9.17) is 0 Å².